The summed E-state index contributed by atoms with van der Waals surface area (Å²) in [4.78, 5) is 0. The van der Waals surface area contributed by atoms with Crippen LogP contribution in [0.2, 0.25) is 0 Å². The molecule has 2 nitrogen and oxygen atoms in total. The van der Waals surface area contributed by atoms with Gasteiger partial charge in [-0.3, -0.25) is 0 Å². The first kappa shape index (κ1) is 11.7. The largest absolute Gasteiger partial charge is 0.388 e. The summed E-state index contributed by atoms with van der Waals surface area (Å²) < 4.78 is 2.39. The van der Waals surface area contributed by atoms with E-state index in [2.05, 4.69) is 38.3 Å². The van der Waals surface area contributed by atoms with Crippen LogP contribution in [0.25, 0.3) is 0 Å². The van der Waals surface area contributed by atoms with Gasteiger partial charge in [0.15, 0.2) is 0 Å². The average molecular weight is 221 g/mol. The van der Waals surface area contributed by atoms with Crippen LogP contribution in [0, 0.1) is 12.3 Å². The van der Waals surface area contributed by atoms with Crippen LogP contribution in [-0.4, -0.2) is 9.67 Å². The Hall–Kier alpha value is -0.760. The van der Waals surface area contributed by atoms with Gasteiger partial charge in [-0.15, -0.1) is 0 Å². The van der Waals surface area contributed by atoms with Crippen molar-refractivity contribution in [3.05, 3.63) is 23.0 Å². The minimum atomic E-state index is -0.268. The summed E-state index contributed by atoms with van der Waals surface area (Å²) in [6, 6.07) is 2.17. The van der Waals surface area contributed by atoms with Crippen LogP contribution in [0.4, 0.5) is 0 Å². The molecule has 0 aliphatic heterocycles. The van der Waals surface area contributed by atoms with Gasteiger partial charge in [0, 0.05) is 23.5 Å². The van der Waals surface area contributed by atoms with Gasteiger partial charge in [0.2, 0.25) is 0 Å². The summed E-state index contributed by atoms with van der Waals surface area (Å²) >= 11 is 0. The quantitative estimate of drug-likeness (QED) is 0.815. The van der Waals surface area contributed by atoms with E-state index in [-0.39, 0.29) is 11.5 Å². The van der Waals surface area contributed by atoms with E-state index in [0.717, 1.165) is 25.8 Å². The van der Waals surface area contributed by atoms with Crippen molar-refractivity contribution < 1.29 is 5.11 Å². The molecule has 1 heterocycles. The highest BCUT2D eigenvalue weighted by Gasteiger charge is 2.33. The zero-order valence-electron chi connectivity index (χ0n) is 10.9. The Labute approximate surface area is 98.3 Å². The van der Waals surface area contributed by atoms with Gasteiger partial charge in [0.1, 0.15) is 0 Å². The second-order valence-electron chi connectivity index (χ2n) is 5.90. The molecule has 0 amide bonds. The van der Waals surface area contributed by atoms with E-state index in [1.807, 2.05) is 0 Å². The number of nitrogens with zero attached hydrogens (tertiary/aromatic N) is 1. The molecule has 0 spiro atoms. The fourth-order valence-electron chi connectivity index (χ4n) is 2.93. The first-order valence-electron chi connectivity index (χ1n) is 6.31. The summed E-state index contributed by atoms with van der Waals surface area (Å²) in [5.41, 5.74) is 4.06. The summed E-state index contributed by atoms with van der Waals surface area (Å²) in [5, 5.41) is 10.2. The molecule has 1 atom stereocenters. The molecule has 0 saturated heterocycles. The van der Waals surface area contributed by atoms with Gasteiger partial charge in [-0.1, -0.05) is 20.8 Å². The lowest BCUT2D eigenvalue weighted by Gasteiger charge is -2.34. The van der Waals surface area contributed by atoms with Crippen LogP contribution in [0.5, 0.6) is 0 Å². The summed E-state index contributed by atoms with van der Waals surface area (Å²) in [7, 11) is 0. The molecule has 1 aromatic heterocycles. The lowest BCUT2D eigenvalue weighted by molar-refractivity contribution is 0.0979. The van der Waals surface area contributed by atoms with E-state index < -0.39 is 0 Å². The van der Waals surface area contributed by atoms with Gasteiger partial charge in [0.25, 0.3) is 0 Å². The molecular weight excluding hydrogens is 198 g/mol. The van der Waals surface area contributed by atoms with Crippen LogP contribution in [0.15, 0.2) is 6.07 Å². The van der Waals surface area contributed by atoms with Crippen LogP contribution < -0.4 is 0 Å². The summed E-state index contributed by atoms with van der Waals surface area (Å²) in [5.74, 6) is 0. The van der Waals surface area contributed by atoms with E-state index in [1.54, 1.807) is 0 Å². The number of aliphatic hydroxyl groups excluding tert-OH is 1. The number of rotatable bonds is 2. The molecule has 1 N–H and O–H groups in total. The lowest BCUT2D eigenvalue weighted by atomic mass is 9.75. The highest BCUT2D eigenvalue weighted by molar-refractivity contribution is 5.33. The smallest absolute Gasteiger partial charge is 0.0812 e. The van der Waals surface area contributed by atoms with E-state index in [1.165, 1.54) is 17.0 Å². The Morgan fingerprint density at radius 1 is 1.50 bits per heavy atom. The lowest BCUT2D eigenvalue weighted by Crippen LogP contribution is -2.26. The van der Waals surface area contributed by atoms with Crippen molar-refractivity contribution in [1.29, 1.82) is 0 Å². The monoisotopic (exact) mass is 221 g/mol. The van der Waals surface area contributed by atoms with Crippen molar-refractivity contribution in [3.63, 3.8) is 0 Å². The maximum atomic E-state index is 10.2. The molecule has 0 aromatic carbocycles. The molecule has 1 aromatic rings. The minimum Gasteiger partial charge on any atom is -0.388 e. The SMILES string of the molecule is CCCn1c(C)cc2c1CC(C)(C)CC2O. The molecule has 0 radical (unpaired) electrons. The third-order valence-corrected chi connectivity index (χ3v) is 3.65. The normalized spacial score (nSPS) is 23.2. The van der Waals surface area contributed by atoms with Crippen LogP contribution >= 0.6 is 0 Å². The molecule has 1 unspecified atom stereocenters. The molecule has 1 aliphatic rings. The standard InChI is InChI=1S/C14H23NO/c1-5-6-15-10(2)7-11-12(15)8-14(3,4)9-13(11)16/h7,13,16H,5-6,8-9H2,1-4H3. The Balaban J connectivity index is 2.45. The highest BCUT2D eigenvalue weighted by atomic mass is 16.3. The molecule has 1 aliphatic carbocycles. The predicted octanol–water partition coefficient (Wildman–Crippen LogP) is 3.21. The number of aliphatic hydroxyl groups is 1. The first-order chi connectivity index (χ1) is 7.44. The Kier molecular flexibility index (Phi) is 2.87. The molecule has 90 valence electrons. The molecule has 2 heteroatoms. The zero-order valence-corrected chi connectivity index (χ0v) is 10.9. The van der Waals surface area contributed by atoms with Gasteiger partial charge >= 0.3 is 0 Å². The van der Waals surface area contributed by atoms with E-state index in [0.29, 0.717) is 0 Å². The third-order valence-electron chi connectivity index (χ3n) is 3.65. The van der Waals surface area contributed by atoms with Gasteiger partial charge in [0.05, 0.1) is 6.10 Å². The van der Waals surface area contributed by atoms with E-state index in [4.69, 9.17) is 0 Å². The maximum absolute atomic E-state index is 10.2. The van der Waals surface area contributed by atoms with Crippen molar-refractivity contribution in [2.45, 2.75) is 59.6 Å². The van der Waals surface area contributed by atoms with Crippen molar-refractivity contribution in [2.24, 2.45) is 5.41 Å². The number of fused-ring (bicyclic) bond motifs is 1. The molecular formula is C14H23NO. The summed E-state index contributed by atoms with van der Waals surface area (Å²) in [6.45, 7) is 9.92. The Morgan fingerprint density at radius 2 is 2.19 bits per heavy atom. The van der Waals surface area contributed by atoms with Crippen LogP contribution in [0.1, 0.15) is 56.7 Å². The van der Waals surface area contributed by atoms with Gasteiger partial charge in [-0.25, -0.2) is 0 Å². The Morgan fingerprint density at radius 3 is 2.81 bits per heavy atom. The number of hydrogen-bond acceptors (Lipinski definition) is 1. The van der Waals surface area contributed by atoms with Gasteiger partial charge in [-0.2, -0.15) is 0 Å². The summed E-state index contributed by atoms with van der Waals surface area (Å²) in [6.07, 6.45) is 2.86. The second kappa shape index (κ2) is 3.92. The fraction of sp³-hybridized carbons (Fsp3) is 0.714. The molecule has 2 rings (SSSR count). The third kappa shape index (κ3) is 1.91. The van der Waals surface area contributed by atoms with E-state index in [9.17, 15) is 5.11 Å². The fourth-order valence-corrected chi connectivity index (χ4v) is 2.93. The average Bonchev–Trinajstić information content (AvgIpc) is 2.44. The highest BCUT2D eigenvalue weighted by Crippen LogP contribution is 2.41. The van der Waals surface area contributed by atoms with Crippen LogP contribution in [0.3, 0.4) is 0 Å². The van der Waals surface area contributed by atoms with Crippen molar-refractivity contribution in [2.75, 3.05) is 0 Å². The second-order valence-corrected chi connectivity index (χ2v) is 5.90. The molecule has 0 fully saturated rings. The molecule has 0 bridgehead atoms. The van der Waals surface area contributed by atoms with E-state index >= 15 is 0 Å². The van der Waals surface area contributed by atoms with Gasteiger partial charge in [-0.05, 0) is 37.7 Å². The zero-order chi connectivity index (χ0) is 11.9. The minimum absolute atomic E-state index is 0.225. The maximum Gasteiger partial charge on any atom is 0.0812 e. The van der Waals surface area contributed by atoms with Crippen LogP contribution in [-0.2, 0) is 13.0 Å². The molecule has 0 saturated carbocycles. The predicted molar refractivity (Wildman–Crippen MR) is 66.5 cm³/mol. The van der Waals surface area contributed by atoms with Gasteiger partial charge < -0.3 is 9.67 Å². The van der Waals surface area contributed by atoms with Crippen molar-refractivity contribution in [1.82, 2.24) is 4.57 Å². The molecule has 16 heavy (non-hydrogen) atoms. The Bertz CT molecular complexity index is 390. The number of aryl methyl sites for hydroxylation is 1. The number of hydrogen-bond donors (Lipinski definition) is 1. The van der Waals surface area contributed by atoms with Crippen molar-refractivity contribution in [3.8, 4) is 0 Å². The number of aromatic nitrogens is 1. The first-order valence-corrected chi connectivity index (χ1v) is 6.31. The van der Waals surface area contributed by atoms with Crippen molar-refractivity contribution >= 4 is 0 Å². The topological polar surface area (TPSA) is 25.2 Å².